The SMILES string of the molecule is CC(C)OCCCCNC(=O)c1csc(S(N)(=O)=O)c1. The first-order valence-electron chi connectivity index (χ1n) is 6.32. The number of amides is 1. The Hall–Kier alpha value is -0.960. The summed E-state index contributed by atoms with van der Waals surface area (Å²) in [5, 5.41) is 9.20. The average Bonchev–Trinajstić information content (AvgIpc) is 2.82. The van der Waals surface area contributed by atoms with Gasteiger partial charge in [-0.1, -0.05) is 0 Å². The molecule has 3 N–H and O–H groups in total. The summed E-state index contributed by atoms with van der Waals surface area (Å²) in [6.45, 7) is 5.14. The number of unbranched alkanes of at least 4 members (excludes halogenated alkanes) is 1. The molecule has 0 unspecified atom stereocenters. The van der Waals surface area contributed by atoms with E-state index >= 15 is 0 Å². The third-order valence-corrected chi connectivity index (χ3v) is 4.81. The second-order valence-electron chi connectivity index (χ2n) is 4.58. The second kappa shape index (κ2) is 7.72. The molecule has 1 aromatic rings. The summed E-state index contributed by atoms with van der Waals surface area (Å²) in [6.07, 6.45) is 1.89. The van der Waals surface area contributed by atoms with Crippen molar-refractivity contribution in [3.05, 3.63) is 17.0 Å². The lowest BCUT2D eigenvalue weighted by molar-refractivity contribution is 0.0754. The van der Waals surface area contributed by atoms with E-state index in [1.54, 1.807) is 0 Å². The minimum atomic E-state index is -3.73. The van der Waals surface area contributed by atoms with Gasteiger partial charge in [-0.25, -0.2) is 13.6 Å². The first-order chi connectivity index (χ1) is 9.30. The number of carbonyl (C=O) groups excluding carboxylic acids is 1. The predicted octanol–water partition coefficient (Wildman–Crippen LogP) is 1.33. The van der Waals surface area contributed by atoms with Crippen LogP contribution in [0.15, 0.2) is 15.7 Å². The molecule has 114 valence electrons. The van der Waals surface area contributed by atoms with Crippen LogP contribution in [0.4, 0.5) is 0 Å². The molecule has 0 atom stereocenters. The van der Waals surface area contributed by atoms with Crippen LogP contribution in [0.2, 0.25) is 0 Å². The minimum absolute atomic E-state index is 0.00650. The molecule has 0 radical (unpaired) electrons. The Bertz CT molecular complexity index is 537. The van der Waals surface area contributed by atoms with Crippen LogP contribution in [0.3, 0.4) is 0 Å². The molecule has 0 saturated heterocycles. The van der Waals surface area contributed by atoms with Gasteiger partial charge in [-0.15, -0.1) is 11.3 Å². The van der Waals surface area contributed by atoms with Crippen LogP contribution in [0.25, 0.3) is 0 Å². The normalized spacial score (nSPS) is 11.8. The van der Waals surface area contributed by atoms with Gasteiger partial charge in [0.2, 0.25) is 10.0 Å². The van der Waals surface area contributed by atoms with Gasteiger partial charge in [-0.3, -0.25) is 4.79 Å². The maximum atomic E-state index is 11.8. The molecule has 0 aliphatic rings. The standard InChI is InChI=1S/C12H20N2O4S2/c1-9(2)18-6-4-3-5-14-12(15)10-7-11(19-8-10)20(13,16)17/h7-9H,3-6H2,1-2H3,(H,14,15)(H2,13,16,17). The highest BCUT2D eigenvalue weighted by Crippen LogP contribution is 2.18. The maximum absolute atomic E-state index is 11.8. The molecule has 8 heteroatoms. The van der Waals surface area contributed by atoms with Crippen molar-refractivity contribution in [3.8, 4) is 0 Å². The van der Waals surface area contributed by atoms with E-state index in [-0.39, 0.29) is 16.2 Å². The molecular formula is C12H20N2O4S2. The lowest BCUT2D eigenvalue weighted by Crippen LogP contribution is -2.24. The topological polar surface area (TPSA) is 98.5 Å². The Morgan fingerprint density at radius 3 is 2.70 bits per heavy atom. The summed E-state index contributed by atoms with van der Waals surface area (Å²) < 4.78 is 27.6. The number of nitrogens with one attached hydrogen (secondary N) is 1. The fourth-order valence-electron chi connectivity index (χ4n) is 1.43. The van der Waals surface area contributed by atoms with Crippen molar-refractivity contribution < 1.29 is 17.9 Å². The first kappa shape index (κ1) is 17.1. The Morgan fingerprint density at radius 2 is 2.15 bits per heavy atom. The molecular weight excluding hydrogens is 300 g/mol. The third kappa shape index (κ3) is 6.00. The Morgan fingerprint density at radius 1 is 1.45 bits per heavy atom. The van der Waals surface area contributed by atoms with Gasteiger partial charge < -0.3 is 10.1 Å². The van der Waals surface area contributed by atoms with E-state index < -0.39 is 10.0 Å². The molecule has 0 saturated carbocycles. The van der Waals surface area contributed by atoms with E-state index in [0.29, 0.717) is 18.7 Å². The Kier molecular flexibility index (Phi) is 6.60. The number of nitrogens with two attached hydrogens (primary N) is 1. The summed E-state index contributed by atoms with van der Waals surface area (Å²) >= 11 is 0.942. The number of primary sulfonamides is 1. The number of ether oxygens (including phenoxy) is 1. The van der Waals surface area contributed by atoms with E-state index in [0.717, 1.165) is 24.2 Å². The molecule has 0 bridgehead atoms. The largest absolute Gasteiger partial charge is 0.379 e. The summed E-state index contributed by atoms with van der Waals surface area (Å²) in [7, 11) is -3.73. The molecule has 1 heterocycles. The monoisotopic (exact) mass is 320 g/mol. The van der Waals surface area contributed by atoms with Crippen LogP contribution in [-0.2, 0) is 14.8 Å². The maximum Gasteiger partial charge on any atom is 0.252 e. The molecule has 1 aromatic heterocycles. The number of thiophene rings is 1. The number of hydrogen-bond acceptors (Lipinski definition) is 5. The van der Waals surface area contributed by atoms with Crippen molar-refractivity contribution in [2.24, 2.45) is 5.14 Å². The molecule has 6 nitrogen and oxygen atoms in total. The zero-order valence-corrected chi connectivity index (χ0v) is 13.2. The van der Waals surface area contributed by atoms with Crippen molar-refractivity contribution in [2.75, 3.05) is 13.2 Å². The number of sulfonamides is 1. The van der Waals surface area contributed by atoms with Crippen LogP contribution >= 0.6 is 11.3 Å². The fourth-order valence-corrected chi connectivity index (χ4v) is 3.02. The average molecular weight is 320 g/mol. The summed E-state index contributed by atoms with van der Waals surface area (Å²) in [5.41, 5.74) is 0.317. The molecule has 0 aromatic carbocycles. The minimum Gasteiger partial charge on any atom is -0.379 e. The van der Waals surface area contributed by atoms with E-state index in [2.05, 4.69) is 5.32 Å². The number of rotatable bonds is 8. The predicted molar refractivity (Wildman–Crippen MR) is 78.3 cm³/mol. The van der Waals surface area contributed by atoms with Crippen molar-refractivity contribution in [1.29, 1.82) is 0 Å². The molecule has 0 fully saturated rings. The van der Waals surface area contributed by atoms with Crippen molar-refractivity contribution in [2.45, 2.75) is 37.0 Å². The van der Waals surface area contributed by atoms with E-state index in [1.807, 2.05) is 13.8 Å². The van der Waals surface area contributed by atoms with Gasteiger partial charge in [0, 0.05) is 18.5 Å². The molecule has 0 aliphatic carbocycles. The van der Waals surface area contributed by atoms with Crippen LogP contribution in [0.1, 0.15) is 37.0 Å². The van der Waals surface area contributed by atoms with Gasteiger partial charge in [-0.2, -0.15) is 0 Å². The second-order valence-corrected chi connectivity index (χ2v) is 7.28. The summed E-state index contributed by atoms with van der Waals surface area (Å²) in [6, 6.07) is 1.29. The van der Waals surface area contributed by atoms with E-state index in [9.17, 15) is 13.2 Å². The van der Waals surface area contributed by atoms with Crippen LogP contribution in [0.5, 0.6) is 0 Å². The van der Waals surface area contributed by atoms with Gasteiger partial charge in [0.05, 0.1) is 11.7 Å². The molecule has 20 heavy (non-hydrogen) atoms. The first-order valence-corrected chi connectivity index (χ1v) is 8.74. The van der Waals surface area contributed by atoms with Crippen LogP contribution < -0.4 is 10.5 Å². The van der Waals surface area contributed by atoms with E-state index in [4.69, 9.17) is 9.88 Å². The highest BCUT2D eigenvalue weighted by molar-refractivity contribution is 7.91. The Balaban J connectivity index is 2.31. The van der Waals surface area contributed by atoms with Gasteiger partial charge in [-0.05, 0) is 32.8 Å². The third-order valence-electron chi connectivity index (χ3n) is 2.43. The molecule has 1 amide bonds. The number of hydrogen-bond donors (Lipinski definition) is 2. The lowest BCUT2D eigenvalue weighted by Gasteiger charge is -2.07. The van der Waals surface area contributed by atoms with Crippen LogP contribution in [0, 0.1) is 0 Å². The van der Waals surface area contributed by atoms with Crippen molar-refractivity contribution in [3.63, 3.8) is 0 Å². The van der Waals surface area contributed by atoms with E-state index in [1.165, 1.54) is 11.4 Å². The molecule has 0 aliphatic heterocycles. The quantitative estimate of drug-likeness (QED) is 0.706. The zero-order valence-electron chi connectivity index (χ0n) is 11.6. The van der Waals surface area contributed by atoms with Crippen molar-refractivity contribution in [1.82, 2.24) is 5.32 Å². The fraction of sp³-hybridized carbons (Fsp3) is 0.583. The van der Waals surface area contributed by atoms with Crippen molar-refractivity contribution >= 4 is 27.3 Å². The highest BCUT2D eigenvalue weighted by Gasteiger charge is 2.14. The molecule has 1 rings (SSSR count). The summed E-state index contributed by atoms with van der Waals surface area (Å²) in [5.74, 6) is -0.291. The van der Waals surface area contributed by atoms with Crippen LogP contribution in [-0.4, -0.2) is 33.6 Å². The highest BCUT2D eigenvalue weighted by atomic mass is 32.2. The summed E-state index contributed by atoms with van der Waals surface area (Å²) in [4.78, 5) is 11.8. The lowest BCUT2D eigenvalue weighted by atomic mass is 10.3. The molecule has 0 spiro atoms. The zero-order chi connectivity index (χ0) is 15.2. The van der Waals surface area contributed by atoms with Gasteiger partial charge in [0.1, 0.15) is 4.21 Å². The van der Waals surface area contributed by atoms with Gasteiger partial charge >= 0.3 is 0 Å². The Labute approximate surface area is 123 Å². The van der Waals surface area contributed by atoms with Gasteiger partial charge in [0.15, 0.2) is 0 Å². The van der Waals surface area contributed by atoms with Gasteiger partial charge in [0.25, 0.3) is 5.91 Å². The smallest absolute Gasteiger partial charge is 0.252 e. The number of carbonyl (C=O) groups is 1.